The molecule has 0 spiro atoms. The number of carboxylic acid groups (broad SMARTS) is 1. The van der Waals surface area contributed by atoms with Gasteiger partial charge in [0, 0.05) is 0 Å². The Morgan fingerprint density at radius 2 is 1.53 bits per heavy atom. The Hall–Kier alpha value is -2.38. The van der Waals surface area contributed by atoms with E-state index in [4.69, 9.17) is 11.5 Å². The first kappa shape index (κ1) is 29.6. The van der Waals surface area contributed by atoms with Crippen molar-refractivity contribution >= 4 is 41.4 Å². The Morgan fingerprint density at radius 3 is 1.97 bits per heavy atom. The third-order valence-electron chi connectivity index (χ3n) is 4.84. The monoisotopic (exact) mass is 477 g/mol. The lowest BCUT2D eigenvalue weighted by Crippen LogP contribution is -2.60. The van der Waals surface area contributed by atoms with Gasteiger partial charge in [-0.3, -0.25) is 19.2 Å². The molecule has 32 heavy (non-hydrogen) atoms. The van der Waals surface area contributed by atoms with Crippen LogP contribution in [0.4, 0.5) is 0 Å². The highest BCUT2D eigenvalue weighted by Gasteiger charge is 2.34. The first-order valence-electron chi connectivity index (χ1n) is 10.2. The van der Waals surface area contributed by atoms with E-state index in [0.29, 0.717) is 12.2 Å². The van der Waals surface area contributed by atoms with E-state index in [1.807, 2.05) is 6.26 Å². The number of hydrogen-bond acceptors (Lipinski definition) is 8. The smallest absolute Gasteiger partial charge is 0.328 e. The minimum atomic E-state index is -1.55. The molecule has 4 amide bonds. The van der Waals surface area contributed by atoms with Crippen LogP contribution in [0, 0.1) is 5.92 Å². The summed E-state index contributed by atoms with van der Waals surface area (Å²) in [6, 6.07) is -4.93. The van der Waals surface area contributed by atoms with E-state index in [1.54, 1.807) is 13.8 Å². The number of hydrogen-bond donors (Lipinski definition) is 7. The van der Waals surface area contributed by atoms with Crippen LogP contribution < -0.4 is 27.4 Å². The second-order valence-electron chi connectivity index (χ2n) is 7.56. The van der Waals surface area contributed by atoms with Crippen molar-refractivity contribution in [3.63, 3.8) is 0 Å². The van der Waals surface area contributed by atoms with Crippen LogP contribution >= 0.6 is 11.8 Å². The number of amides is 4. The van der Waals surface area contributed by atoms with Crippen LogP contribution in [-0.2, 0) is 24.0 Å². The summed E-state index contributed by atoms with van der Waals surface area (Å²) >= 11 is 1.44. The SMILES string of the molecule is CCC(C)C(NC(=O)C(CCSC)NC(=O)C(N)CC(N)=O)C(=O)NC(C(=O)O)C(C)O. The number of rotatable bonds is 15. The zero-order valence-corrected chi connectivity index (χ0v) is 19.6. The highest BCUT2D eigenvalue weighted by Crippen LogP contribution is 2.11. The fourth-order valence-electron chi connectivity index (χ4n) is 2.68. The first-order chi connectivity index (χ1) is 14.8. The number of carboxylic acids is 1. The molecule has 0 aliphatic carbocycles. The average molecular weight is 478 g/mol. The molecule has 6 unspecified atom stereocenters. The summed E-state index contributed by atoms with van der Waals surface area (Å²) in [5.41, 5.74) is 10.7. The highest BCUT2D eigenvalue weighted by molar-refractivity contribution is 7.98. The molecule has 0 aliphatic heterocycles. The van der Waals surface area contributed by atoms with Gasteiger partial charge < -0.3 is 37.6 Å². The van der Waals surface area contributed by atoms with Crippen molar-refractivity contribution in [3.05, 3.63) is 0 Å². The summed E-state index contributed by atoms with van der Waals surface area (Å²) in [5.74, 6) is -4.24. The maximum atomic E-state index is 12.9. The lowest BCUT2D eigenvalue weighted by molar-refractivity contribution is -0.145. The molecule has 0 aromatic carbocycles. The van der Waals surface area contributed by atoms with Crippen LogP contribution in [0.1, 0.15) is 40.0 Å². The molecular weight excluding hydrogens is 442 g/mol. The van der Waals surface area contributed by atoms with Gasteiger partial charge in [-0.05, 0) is 31.3 Å². The molecule has 0 aromatic rings. The van der Waals surface area contributed by atoms with Crippen molar-refractivity contribution in [1.82, 2.24) is 16.0 Å². The van der Waals surface area contributed by atoms with Crippen LogP contribution in [0.2, 0.25) is 0 Å². The molecule has 0 saturated heterocycles. The molecule has 0 aliphatic rings. The van der Waals surface area contributed by atoms with Crippen LogP contribution in [0.15, 0.2) is 0 Å². The van der Waals surface area contributed by atoms with Crippen molar-refractivity contribution < 1.29 is 34.2 Å². The predicted molar refractivity (Wildman–Crippen MR) is 119 cm³/mol. The Balaban J connectivity index is 5.51. The van der Waals surface area contributed by atoms with Gasteiger partial charge in [-0.2, -0.15) is 11.8 Å². The van der Waals surface area contributed by atoms with Gasteiger partial charge in [0.15, 0.2) is 6.04 Å². The molecule has 0 saturated carbocycles. The minimum absolute atomic E-state index is 0.225. The molecule has 13 heteroatoms. The Labute approximate surface area is 191 Å². The van der Waals surface area contributed by atoms with Crippen molar-refractivity contribution in [1.29, 1.82) is 0 Å². The van der Waals surface area contributed by atoms with Crippen LogP contribution in [-0.4, -0.2) is 82.1 Å². The molecule has 184 valence electrons. The fourth-order valence-corrected chi connectivity index (χ4v) is 3.15. The first-order valence-corrected chi connectivity index (χ1v) is 11.6. The molecular formula is C19H35N5O7S. The Morgan fingerprint density at radius 1 is 0.969 bits per heavy atom. The predicted octanol–water partition coefficient (Wildman–Crippen LogP) is -2.09. The van der Waals surface area contributed by atoms with Gasteiger partial charge >= 0.3 is 5.97 Å². The van der Waals surface area contributed by atoms with Gasteiger partial charge in [-0.1, -0.05) is 20.3 Å². The molecule has 0 rings (SSSR count). The van der Waals surface area contributed by atoms with Crippen molar-refractivity contribution in [2.24, 2.45) is 17.4 Å². The van der Waals surface area contributed by atoms with E-state index in [9.17, 15) is 34.2 Å². The van der Waals surface area contributed by atoms with Crippen molar-refractivity contribution in [3.8, 4) is 0 Å². The van der Waals surface area contributed by atoms with Gasteiger partial charge in [0.1, 0.15) is 12.1 Å². The number of nitrogens with one attached hydrogen (secondary N) is 3. The number of nitrogens with two attached hydrogens (primary N) is 2. The van der Waals surface area contributed by atoms with Crippen LogP contribution in [0.5, 0.6) is 0 Å². The maximum Gasteiger partial charge on any atom is 0.328 e. The van der Waals surface area contributed by atoms with Gasteiger partial charge in [0.25, 0.3) is 0 Å². The number of thioether (sulfide) groups is 1. The maximum absolute atomic E-state index is 12.9. The summed E-state index contributed by atoms with van der Waals surface area (Å²) in [7, 11) is 0. The number of aliphatic hydroxyl groups is 1. The molecule has 12 nitrogen and oxygen atoms in total. The summed E-state index contributed by atoms with van der Waals surface area (Å²) < 4.78 is 0. The standard InChI is InChI=1S/C19H35N5O7S/c1-5-9(2)14(18(29)24-15(10(3)25)19(30)31)23-17(28)12(6-7-32-4)22-16(27)11(20)8-13(21)26/h9-12,14-15,25H,5-8,20H2,1-4H3,(H2,21,26)(H,22,27)(H,23,28)(H,24,29)(H,30,31). The summed E-state index contributed by atoms with van der Waals surface area (Å²) in [6.07, 6.45) is 0.771. The van der Waals surface area contributed by atoms with Gasteiger partial charge in [-0.15, -0.1) is 0 Å². The largest absolute Gasteiger partial charge is 0.480 e. The average Bonchev–Trinajstić information content (AvgIpc) is 2.70. The lowest BCUT2D eigenvalue weighted by Gasteiger charge is -2.28. The zero-order chi connectivity index (χ0) is 25.0. The number of aliphatic hydroxyl groups excluding tert-OH is 1. The molecule has 0 bridgehead atoms. The number of carbonyl (C=O) groups is 5. The van der Waals surface area contributed by atoms with E-state index in [-0.39, 0.29) is 12.3 Å². The fraction of sp³-hybridized carbons (Fsp3) is 0.737. The van der Waals surface area contributed by atoms with E-state index in [0.717, 1.165) is 0 Å². The normalized spacial score (nSPS) is 16.6. The second-order valence-corrected chi connectivity index (χ2v) is 8.54. The Kier molecular flexibility index (Phi) is 13.5. The van der Waals surface area contributed by atoms with Crippen molar-refractivity contribution in [2.75, 3.05) is 12.0 Å². The topological polar surface area (TPSA) is 214 Å². The molecule has 0 heterocycles. The summed E-state index contributed by atoms with van der Waals surface area (Å²) in [6.45, 7) is 4.70. The number of carbonyl (C=O) groups excluding carboxylic acids is 4. The molecule has 0 fully saturated rings. The second kappa shape index (κ2) is 14.6. The molecule has 0 aromatic heterocycles. The number of aliphatic carboxylic acids is 1. The van der Waals surface area contributed by atoms with Gasteiger partial charge in [0.2, 0.25) is 23.6 Å². The van der Waals surface area contributed by atoms with E-state index in [1.165, 1.54) is 18.7 Å². The minimum Gasteiger partial charge on any atom is -0.480 e. The Bertz CT molecular complexity index is 676. The molecule has 0 radical (unpaired) electrons. The van der Waals surface area contributed by atoms with Gasteiger partial charge in [-0.25, -0.2) is 4.79 Å². The summed E-state index contributed by atoms with van der Waals surface area (Å²) in [4.78, 5) is 60.2. The van der Waals surface area contributed by atoms with E-state index >= 15 is 0 Å². The van der Waals surface area contributed by atoms with E-state index < -0.39 is 66.3 Å². The highest BCUT2D eigenvalue weighted by atomic mass is 32.2. The third-order valence-corrected chi connectivity index (χ3v) is 5.48. The molecule has 6 atom stereocenters. The quantitative estimate of drug-likeness (QED) is 0.137. The van der Waals surface area contributed by atoms with E-state index in [2.05, 4.69) is 16.0 Å². The van der Waals surface area contributed by atoms with Crippen LogP contribution in [0.3, 0.4) is 0 Å². The summed E-state index contributed by atoms with van der Waals surface area (Å²) in [5, 5.41) is 26.1. The zero-order valence-electron chi connectivity index (χ0n) is 18.8. The van der Waals surface area contributed by atoms with Crippen LogP contribution in [0.25, 0.3) is 0 Å². The van der Waals surface area contributed by atoms with Crippen molar-refractivity contribution in [2.45, 2.75) is 70.3 Å². The third kappa shape index (κ3) is 10.3. The lowest BCUT2D eigenvalue weighted by atomic mass is 9.97. The molecule has 9 N–H and O–H groups in total. The number of primary amides is 1. The van der Waals surface area contributed by atoms with Gasteiger partial charge in [0.05, 0.1) is 18.6 Å².